The molecule has 0 bridgehead atoms. The van der Waals surface area contributed by atoms with E-state index in [1.165, 1.54) is 23.1 Å². The number of hydrogen-bond donors (Lipinski definition) is 0. The van der Waals surface area contributed by atoms with Crippen molar-refractivity contribution in [1.29, 1.82) is 0 Å². The summed E-state index contributed by atoms with van der Waals surface area (Å²) < 4.78 is 18.6. The lowest BCUT2D eigenvalue weighted by molar-refractivity contribution is -0.117. The molecule has 1 aliphatic heterocycles. The average Bonchev–Trinajstić information content (AvgIpc) is 3.22. The zero-order chi connectivity index (χ0) is 18.3. The number of aromatic nitrogens is 2. The van der Waals surface area contributed by atoms with Crippen molar-refractivity contribution >= 4 is 23.2 Å². The van der Waals surface area contributed by atoms with Crippen LogP contribution < -0.4 is 4.90 Å². The highest BCUT2D eigenvalue weighted by atomic mass is 35.5. The number of carbonyl (C=O) groups excluding carboxylic acids is 1. The van der Waals surface area contributed by atoms with Gasteiger partial charge in [-0.2, -0.15) is 4.98 Å². The second kappa shape index (κ2) is 6.53. The standard InChI is InChI=1S/C19H15ClFN3O2/c1-11-4-2-3-5-14(11)19-22-18(23-26-19)12-8-17(25)24(10-12)16-7-6-13(21)9-15(16)20/h2-7,9,12H,8,10H2,1H3. The van der Waals surface area contributed by atoms with E-state index >= 15 is 0 Å². The van der Waals surface area contributed by atoms with Gasteiger partial charge in [-0.3, -0.25) is 4.79 Å². The normalized spacial score (nSPS) is 17.1. The quantitative estimate of drug-likeness (QED) is 0.686. The van der Waals surface area contributed by atoms with Crippen molar-refractivity contribution in [1.82, 2.24) is 10.1 Å². The minimum Gasteiger partial charge on any atom is -0.334 e. The predicted octanol–water partition coefficient (Wildman–Crippen LogP) is 4.36. The molecule has 2 heterocycles. The van der Waals surface area contributed by atoms with Gasteiger partial charge in [0.2, 0.25) is 5.91 Å². The fourth-order valence-electron chi connectivity index (χ4n) is 3.14. The minimum absolute atomic E-state index is 0.106. The van der Waals surface area contributed by atoms with Gasteiger partial charge in [-0.25, -0.2) is 4.39 Å². The van der Waals surface area contributed by atoms with Crippen LogP contribution in [0.2, 0.25) is 5.02 Å². The lowest BCUT2D eigenvalue weighted by Gasteiger charge is -2.17. The summed E-state index contributed by atoms with van der Waals surface area (Å²) in [5, 5.41) is 4.26. The smallest absolute Gasteiger partial charge is 0.258 e. The molecule has 4 rings (SSSR count). The van der Waals surface area contributed by atoms with Crippen molar-refractivity contribution in [3.8, 4) is 11.5 Å². The molecule has 132 valence electrons. The number of carbonyl (C=O) groups is 1. The Balaban J connectivity index is 1.59. The van der Waals surface area contributed by atoms with Gasteiger partial charge < -0.3 is 9.42 Å². The molecule has 0 radical (unpaired) electrons. The molecule has 1 aliphatic rings. The molecule has 5 nitrogen and oxygen atoms in total. The van der Waals surface area contributed by atoms with Gasteiger partial charge in [-0.05, 0) is 36.8 Å². The van der Waals surface area contributed by atoms with Crippen LogP contribution in [0.25, 0.3) is 11.5 Å². The Bertz CT molecular complexity index is 988. The van der Waals surface area contributed by atoms with Crippen molar-refractivity contribution in [2.75, 3.05) is 11.4 Å². The first-order chi connectivity index (χ1) is 12.5. The van der Waals surface area contributed by atoms with E-state index < -0.39 is 5.82 Å². The van der Waals surface area contributed by atoms with E-state index in [1.54, 1.807) is 0 Å². The molecule has 7 heteroatoms. The molecule has 0 aliphatic carbocycles. The summed E-state index contributed by atoms with van der Waals surface area (Å²) >= 11 is 6.09. The topological polar surface area (TPSA) is 59.2 Å². The Morgan fingerprint density at radius 3 is 2.85 bits per heavy atom. The summed E-state index contributed by atoms with van der Waals surface area (Å²) in [6.45, 7) is 2.34. The van der Waals surface area contributed by atoms with Gasteiger partial charge in [-0.1, -0.05) is 35.0 Å². The molecule has 0 spiro atoms. The molecule has 1 amide bonds. The van der Waals surface area contributed by atoms with Gasteiger partial charge in [0.25, 0.3) is 5.89 Å². The molecular weight excluding hydrogens is 357 g/mol. The highest BCUT2D eigenvalue weighted by molar-refractivity contribution is 6.33. The Labute approximate surface area is 154 Å². The molecule has 1 unspecified atom stereocenters. The van der Waals surface area contributed by atoms with Crippen LogP contribution in [-0.2, 0) is 4.79 Å². The lowest BCUT2D eigenvalue weighted by Crippen LogP contribution is -2.24. The Morgan fingerprint density at radius 2 is 2.08 bits per heavy atom. The van der Waals surface area contributed by atoms with Gasteiger partial charge in [0.1, 0.15) is 5.82 Å². The van der Waals surface area contributed by atoms with E-state index in [4.69, 9.17) is 16.1 Å². The number of nitrogens with zero attached hydrogens (tertiary/aromatic N) is 3. The molecule has 1 saturated heterocycles. The van der Waals surface area contributed by atoms with Crippen molar-refractivity contribution in [2.45, 2.75) is 19.3 Å². The van der Waals surface area contributed by atoms with Crippen LogP contribution in [0.1, 0.15) is 23.7 Å². The first-order valence-electron chi connectivity index (χ1n) is 8.18. The number of rotatable bonds is 3. The molecule has 0 N–H and O–H groups in total. The van der Waals surface area contributed by atoms with E-state index in [0.29, 0.717) is 23.9 Å². The highest BCUT2D eigenvalue weighted by Gasteiger charge is 2.35. The third-order valence-corrected chi connectivity index (χ3v) is 4.81. The largest absolute Gasteiger partial charge is 0.334 e. The highest BCUT2D eigenvalue weighted by Crippen LogP contribution is 2.35. The third kappa shape index (κ3) is 2.97. The molecule has 2 aromatic carbocycles. The van der Waals surface area contributed by atoms with Crippen LogP contribution in [0.3, 0.4) is 0 Å². The fourth-order valence-corrected chi connectivity index (χ4v) is 3.41. The van der Waals surface area contributed by atoms with Crippen LogP contribution >= 0.6 is 11.6 Å². The van der Waals surface area contributed by atoms with Crippen molar-refractivity contribution in [3.63, 3.8) is 0 Å². The maximum atomic E-state index is 13.2. The maximum Gasteiger partial charge on any atom is 0.258 e. The van der Waals surface area contributed by atoms with Crippen LogP contribution in [0, 0.1) is 12.7 Å². The van der Waals surface area contributed by atoms with Gasteiger partial charge in [-0.15, -0.1) is 0 Å². The Kier molecular flexibility index (Phi) is 4.20. The second-order valence-corrected chi connectivity index (χ2v) is 6.68. The van der Waals surface area contributed by atoms with E-state index in [0.717, 1.165) is 11.1 Å². The van der Waals surface area contributed by atoms with E-state index in [-0.39, 0.29) is 23.3 Å². The molecule has 3 aromatic rings. The first kappa shape index (κ1) is 16.7. The van der Waals surface area contributed by atoms with Gasteiger partial charge in [0.05, 0.1) is 10.7 Å². The van der Waals surface area contributed by atoms with Crippen molar-refractivity contribution < 1.29 is 13.7 Å². The predicted molar refractivity (Wildman–Crippen MR) is 95.6 cm³/mol. The average molecular weight is 372 g/mol. The van der Waals surface area contributed by atoms with Gasteiger partial charge >= 0.3 is 0 Å². The number of hydrogen-bond acceptors (Lipinski definition) is 4. The summed E-state index contributed by atoms with van der Waals surface area (Å²) in [5.74, 6) is 0.167. The van der Waals surface area contributed by atoms with Crippen LogP contribution in [0.5, 0.6) is 0 Å². The lowest BCUT2D eigenvalue weighted by atomic mass is 10.1. The summed E-state index contributed by atoms with van der Waals surface area (Å²) in [6.07, 6.45) is 0.250. The first-order valence-corrected chi connectivity index (χ1v) is 8.56. The number of aryl methyl sites for hydroxylation is 1. The van der Waals surface area contributed by atoms with Crippen LogP contribution in [-0.4, -0.2) is 22.6 Å². The SMILES string of the molecule is Cc1ccccc1-c1nc(C2CC(=O)N(c3ccc(F)cc3Cl)C2)no1. The Hall–Kier alpha value is -2.73. The van der Waals surface area contributed by atoms with Crippen LogP contribution in [0.15, 0.2) is 47.0 Å². The summed E-state index contributed by atoms with van der Waals surface area (Å²) in [5.41, 5.74) is 2.39. The third-order valence-electron chi connectivity index (χ3n) is 4.51. The zero-order valence-corrected chi connectivity index (χ0v) is 14.7. The number of benzene rings is 2. The van der Waals surface area contributed by atoms with Crippen LogP contribution in [0.4, 0.5) is 10.1 Å². The van der Waals surface area contributed by atoms with Crippen molar-refractivity contribution in [3.05, 3.63) is 64.7 Å². The van der Waals surface area contributed by atoms with E-state index in [9.17, 15) is 9.18 Å². The molecule has 1 atom stereocenters. The minimum atomic E-state index is -0.442. The maximum absolute atomic E-state index is 13.2. The second-order valence-electron chi connectivity index (χ2n) is 6.27. The monoisotopic (exact) mass is 371 g/mol. The fraction of sp³-hybridized carbons (Fsp3) is 0.211. The summed E-state index contributed by atoms with van der Waals surface area (Å²) in [6, 6.07) is 11.7. The number of anilines is 1. The number of amides is 1. The van der Waals surface area contributed by atoms with Gasteiger partial charge in [0.15, 0.2) is 5.82 Å². The number of halogens is 2. The summed E-state index contributed by atoms with van der Waals surface area (Å²) in [7, 11) is 0. The molecular formula is C19H15ClFN3O2. The molecule has 1 aromatic heterocycles. The van der Waals surface area contributed by atoms with Crippen molar-refractivity contribution in [2.24, 2.45) is 0 Å². The molecule has 26 heavy (non-hydrogen) atoms. The Morgan fingerprint density at radius 1 is 1.27 bits per heavy atom. The zero-order valence-electron chi connectivity index (χ0n) is 13.9. The summed E-state index contributed by atoms with van der Waals surface area (Å²) in [4.78, 5) is 18.4. The van der Waals surface area contributed by atoms with E-state index in [1.807, 2.05) is 31.2 Å². The molecule has 1 fully saturated rings. The van der Waals surface area contributed by atoms with Gasteiger partial charge in [0, 0.05) is 24.4 Å². The molecule has 0 saturated carbocycles. The van der Waals surface area contributed by atoms with E-state index in [2.05, 4.69) is 10.1 Å².